The van der Waals surface area contributed by atoms with Crippen molar-refractivity contribution in [2.45, 2.75) is 18.9 Å². The highest BCUT2D eigenvalue weighted by Gasteiger charge is 2.23. The average Bonchev–Trinajstić information content (AvgIpc) is 2.76. The number of hydrogen-bond donors (Lipinski definition) is 3. The smallest absolute Gasteiger partial charge is 0.255 e. The number of piperidine rings is 1. The van der Waals surface area contributed by atoms with Gasteiger partial charge in [-0.3, -0.25) is 4.79 Å². The van der Waals surface area contributed by atoms with E-state index in [1.807, 2.05) is 0 Å². The lowest BCUT2D eigenvalue weighted by atomic mass is 9.96. The van der Waals surface area contributed by atoms with Crippen molar-refractivity contribution < 1.29 is 14.6 Å². The lowest BCUT2D eigenvalue weighted by Gasteiger charge is -2.33. The Labute approximate surface area is 209 Å². The Bertz CT molecular complexity index is 937. The summed E-state index contributed by atoms with van der Waals surface area (Å²) in [7, 11) is 1.49. The molecule has 6 nitrogen and oxygen atoms in total. The van der Waals surface area contributed by atoms with Gasteiger partial charge in [-0.05, 0) is 55.6 Å². The molecule has 0 spiro atoms. The van der Waals surface area contributed by atoms with Gasteiger partial charge in [0.05, 0.1) is 39.5 Å². The van der Waals surface area contributed by atoms with E-state index in [1.54, 1.807) is 24.3 Å². The third-order valence-electron chi connectivity index (χ3n) is 5.58. The van der Waals surface area contributed by atoms with E-state index in [4.69, 9.17) is 45.3 Å². The summed E-state index contributed by atoms with van der Waals surface area (Å²) >= 11 is 18.0. The van der Waals surface area contributed by atoms with Crippen LogP contribution in [-0.2, 0) is 0 Å². The maximum atomic E-state index is 12.6. The molecule has 0 radical (unpaired) electrons. The molecule has 3 rings (SSSR count). The molecule has 4 N–H and O–H groups in total. The quantitative estimate of drug-likeness (QED) is 0.453. The third-order valence-corrected chi connectivity index (χ3v) is 6.65. The normalized spacial score (nSPS) is 15.7. The van der Waals surface area contributed by atoms with Gasteiger partial charge in [0.25, 0.3) is 5.91 Å². The monoisotopic (exact) mass is 521 g/mol. The third kappa shape index (κ3) is 6.80. The molecule has 1 fully saturated rings. The van der Waals surface area contributed by atoms with Crippen molar-refractivity contribution in [1.29, 1.82) is 0 Å². The number of carbonyl (C=O) groups is 1. The van der Waals surface area contributed by atoms with Gasteiger partial charge in [0.2, 0.25) is 0 Å². The van der Waals surface area contributed by atoms with E-state index in [0.29, 0.717) is 51.1 Å². The van der Waals surface area contributed by atoms with Crippen molar-refractivity contribution in [2.24, 2.45) is 5.92 Å². The molecular formula is C22H27Cl4N3O3. The number of hydrogen-bond acceptors (Lipinski definition) is 5. The predicted molar refractivity (Wildman–Crippen MR) is 133 cm³/mol. The number of likely N-dealkylation sites (tertiary alicyclic amines) is 1. The minimum Gasteiger partial charge on any atom is -0.496 e. The van der Waals surface area contributed by atoms with E-state index in [9.17, 15) is 9.90 Å². The zero-order valence-electron chi connectivity index (χ0n) is 17.6. The minimum atomic E-state index is -0.631. The minimum absolute atomic E-state index is 0. The van der Waals surface area contributed by atoms with Gasteiger partial charge >= 0.3 is 0 Å². The lowest BCUT2D eigenvalue weighted by molar-refractivity contribution is 0.0851. The molecule has 176 valence electrons. The topological polar surface area (TPSA) is 87.8 Å². The maximum Gasteiger partial charge on any atom is 0.255 e. The molecule has 0 saturated carbocycles. The molecule has 1 heterocycles. The molecule has 1 atom stereocenters. The van der Waals surface area contributed by atoms with E-state index < -0.39 is 6.10 Å². The van der Waals surface area contributed by atoms with Gasteiger partial charge in [0, 0.05) is 19.2 Å². The molecule has 10 heteroatoms. The van der Waals surface area contributed by atoms with Crippen LogP contribution >= 0.6 is 47.2 Å². The van der Waals surface area contributed by atoms with Crippen molar-refractivity contribution in [3.8, 4) is 5.75 Å². The molecule has 32 heavy (non-hydrogen) atoms. The summed E-state index contributed by atoms with van der Waals surface area (Å²) in [6.45, 7) is 2.78. The number of aliphatic hydroxyl groups excluding tert-OH is 1. The molecule has 1 aliphatic heterocycles. The Morgan fingerprint density at radius 3 is 2.50 bits per heavy atom. The summed E-state index contributed by atoms with van der Waals surface area (Å²) in [5.74, 6) is 0.513. The second-order valence-corrected chi connectivity index (χ2v) is 8.94. The van der Waals surface area contributed by atoms with Gasteiger partial charge in [-0.25, -0.2) is 0 Å². The van der Waals surface area contributed by atoms with Gasteiger partial charge < -0.3 is 25.8 Å². The second kappa shape index (κ2) is 12.2. The highest BCUT2D eigenvalue weighted by molar-refractivity contribution is 6.42. The van der Waals surface area contributed by atoms with Crippen molar-refractivity contribution in [2.75, 3.05) is 39.0 Å². The maximum absolute atomic E-state index is 12.6. The van der Waals surface area contributed by atoms with Crippen molar-refractivity contribution in [3.63, 3.8) is 0 Å². The fourth-order valence-electron chi connectivity index (χ4n) is 3.69. The first-order chi connectivity index (χ1) is 14.8. The number of aliphatic hydroxyl groups is 1. The number of nitrogens with zero attached hydrogens (tertiary/aromatic N) is 1. The van der Waals surface area contributed by atoms with Crippen LogP contribution in [0, 0.1) is 5.92 Å². The molecule has 1 unspecified atom stereocenters. The lowest BCUT2D eigenvalue weighted by Crippen LogP contribution is -2.40. The van der Waals surface area contributed by atoms with Gasteiger partial charge in [0.1, 0.15) is 5.75 Å². The number of methoxy groups -OCH3 is 1. The first kappa shape index (κ1) is 26.8. The molecule has 1 amide bonds. The van der Waals surface area contributed by atoms with Crippen LogP contribution in [0.2, 0.25) is 15.1 Å². The molecule has 0 bridgehead atoms. The Balaban J connectivity index is 0.00000363. The van der Waals surface area contributed by atoms with E-state index in [1.165, 1.54) is 13.2 Å². The second-order valence-electron chi connectivity index (χ2n) is 7.72. The van der Waals surface area contributed by atoms with Crippen LogP contribution in [0.5, 0.6) is 5.75 Å². The summed E-state index contributed by atoms with van der Waals surface area (Å²) in [6, 6.07) is 8.26. The Morgan fingerprint density at radius 1 is 1.19 bits per heavy atom. The highest BCUT2D eigenvalue weighted by atomic mass is 35.5. The zero-order chi connectivity index (χ0) is 22.5. The molecule has 1 aliphatic rings. The molecule has 0 aliphatic carbocycles. The summed E-state index contributed by atoms with van der Waals surface area (Å²) in [4.78, 5) is 14.8. The number of amides is 1. The number of nitrogen functional groups attached to an aromatic ring is 1. The van der Waals surface area contributed by atoms with Gasteiger partial charge in [-0.1, -0.05) is 40.9 Å². The molecule has 2 aromatic carbocycles. The molecule has 1 saturated heterocycles. The zero-order valence-corrected chi connectivity index (χ0v) is 20.7. The number of benzene rings is 2. The standard InChI is InChI=1S/C22H26Cl3N3O3.ClH/c1-31-21-10-19(26)18(25)9-15(21)22(30)27-11-13-4-6-28(7-5-13)12-20(29)14-2-3-16(23)17(24)8-14;/h2-3,8-10,13,20,29H,4-7,11-12,26H2,1H3,(H,27,30);1H. The number of nitrogens with two attached hydrogens (primary N) is 1. The van der Waals surface area contributed by atoms with Crippen LogP contribution in [0.15, 0.2) is 30.3 Å². The van der Waals surface area contributed by atoms with Crippen LogP contribution < -0.4 is 15.8 Å². The molecule has 0 aromatic heterocycles. The summed E-state index contributed by atoms with van der Waals surface area (Å²) in [5.41, 5.74) is 7.26. The van der Waals surface area contributed by atoms with Crippen molar-refractivity contribution in [1.82, 2.24) is 10.2 Å². The van der Waals surface area contributed by atoms with E-state index in [0.717, 1.165) is 31.5 Å². The van der Waals surface area contributed by atoms with E-state index in [-0.39, 0.29) is 18.3 Å². The van der Waals surface area contributed by atoms with E-state index in [2.05, 4.69) is 10.2 Å². The number of nitrogens with one attached hydrogen (secondary N) is 1. The number of halogens is 4. The largest absolute Gasteiger partial charge is 0.496 e. The van der Waals surface area contributed by atoms with Crippen molar-refractivity contribution in [3.05, 3.63) is 56.5 Å². The molecular weight excluding hydrogens is 496 g/mol. The number of β-amino-alcohol motifs (C(OH)–C–C–N with tert-alkyl or cyclic N) is 1. The van der Waals surface area contributed by atoms with Gasteiger partial charge in [0.15, 0.2) is 0 Å². The number of carbonyl (C=O) groups excluding carboxylic acids is 1. The van der Waals surface area contributed by atoms with Gasteiger partial charge in [-0.15, -0.1) is 12.4 Å². The fourth-order valence-corrected chi connectivity index (χ4v) is 4.16. The van der Waals surface area contributed by atoms with Crippen LogP contribution in [0.3, 0.4) is 0 Å². The van der Waals surface area contributed by atoms with Gasteiger partial charge in [-0.2, -0.15) is 0 Å². The summed E-state index contributed by atoms with van der Waals surface area (Å²) in [6.07, 6.45) is 1.22. The Hall–Kier alpha value is -1.41. The highest BCUT2D eigenvalue weighted by Crippen LogP contribution is 2.29. The Morgan fingerprint density at radius 2 is 1.88 bits per heavy atom. The van der Waals surface area contributed by atoms with Crippen molar-refractivity contribution >= 4 is 58.8 Å². The van der Waals surface area contributed by atoms with E-state index >= 15 is 0 Å². The average molecular weight is 523 g/mol. The summed E-state index contributed by atoms with van der Waals surface area (Å²) in [5, 5.41) is 14.7. The van der Waals surface area contributed by atoms with Crippen LogP contribution in [0.4, 0.5) is 5.69 Å². The predicted octanol–water partition coefficient (Wildman–Crippen LogP) is 4.83. The molecule has 2 aromatic rings. The number of ether oxygens (including phenoxy) is 1. The van der Waals surface area contributed by atoms with Crippen LogP contribution in [0.1, 0.15) is 34.9 Å². The number of rotatable bonds is 7. The first-order valence-corrected chi connectivity index (χ1v) is 11.2. The fraction of sp³-hybridized carbons (Fsp3) is 0.409. The SMILES string of the molecule is COc1cc(N)c(Cl)cc1C(=O)NCC1CCN(CC(O)c2ccc(Cl)c(Cl)c2)CC1.Cl. The van der Waals surface area contributed by atoms with Crippen LogP contribution in [-0.4, -0.2) is 49.2 Å². The van der Waals surface area contributed by atoms with Crippen LogP contribution in [0.25, 0.3) is 0 Å². The summed E-state index contributed by atoms with van der Waals surface area (Å²) < 4.78 is 5.25. The number of anilines is 1. The Kier molecular flexibility index (Phi) is 10.2. The first-order valence-electron chi connectivity index (χ1n) is 10.0.